The normalized spacial score (nSPS) is 11.3. The van der Waals surface area contributed by atoms with E-state index in [1.54, 1.807) is 12.1 Å². The van der Waals surface area contributed by atoms with Crippen molar-refractivity contribution in [3.63, 3.8) is 0 Å². The van der Waals surface area contributed by atoms with E-state index in [2.05, 4.69) is 18.8 Å². The molecular formula is C13H14ClNO. The van der Waals surface area contributed by atoms with Crippen LogP contribution in [0.15, 0.2) is 18.2 Å². The molecular weight excluding hydrogens is 222 g/mol. The topological polar surface area (TPSA) is 33.1 Å². The van der Waals surface area contributed by atoms with E-state index in [0.717, 1.165) is 27.2 Å². The van der Waals surface area contributed by atoms with Gasteiger partial charge in [0.05, 0.1) is 10.5 Å². The Morgan fingerprint density at radius 1 is 1.31 bits per heavy atom. The quantitative estimate of drug-likeness (QED) is 0.810. The number of benzene rings is 1. The lowest BCUT2D eigenvalue weighted by Crippen LogP contribution is -1.97. The zero-order valence-electron chi connectivity index (χ0n) is 9.58. The molecule has 1 heterocycles. The van der Waals surface area contributed by atoms with Gasteiger partial charge in [-0.1, -0.05) is 25.4 Å². The van der Waals surface area contributed by atoms with Gasteiger partial charge in [0, 0.05) is 17.1 Å². The molecule has 0 fully saturated rings. The van der Waals surface area contributed by atoms with Crippen LogP contribution in [0, 0.1) is 6.92 Å². The Labute approximate surface area is 99.9 Å². The highest BCUT2D eigenvalue weighted by Gasteiger charge is 2.13. The molecule has 3 heteroatoms. The summed E-state index contributed by atoms with van der Waals surface area (Å²) in [7, 11) is 0. The SMILES string of the molecule is Cc1nc2cc(O)ccc2c(Cl)c1C(C)C. The van der Waals surface area contributed by atoms with Crippen LogP contribution in [0.25, 0.3) is 10.9 Å². The first-order chi connectivity index (χ1) is 7.50. The minimum Gasteiger partial charge on any atom is -0.508 e. The Balaban J connectivity index is 2.83. The first-order valence-corrected chi connectivity index (χ1v) is 5.67. The van der Waals surface area contributed by atoms with E-state index in [-0.39, 0.29) is 5.75 Å². The van der Waals surface area contributed by atoms with E-state index in [1.165, 1.54) is 0 Å². The lowest BCUT2D eigenvalue weighted by molar-refractivity contribution is 0.476. The summed E-state index contributed by atoms with van der Waals surface area (Å²) in [6, 6.07) is 5.08. The smallest absolute Gasteiger partial charge is 0.117 e. The van der Waals surface area contributed by atoms with Crippen molar-refractivity contribution in [3.8, 4) is 5.75 Å². The zero-order valence-corrected chi connectivity index (χ0v) is 10.3. The molecule has 0 aliphatic heterocycles. The van der Waals surface area contributed by atoms with Crippen LogP contribution >= 0.6 is 11.6 Å². The molecule has 16 heavy (non-hydrogen) atoms. The first kappa shape index (κ1) is 11.2. The number of pyridine rings is 1. The summed E-state index contributed by atoms with van der Waals surface area (Å²) in [5.74, 6) is 0.561. The number of phenols is 1. The molecule has 0 saturated heterocycles. The Morgan fingerprint density at radius 3 is 2.62 bits per heavy atom. The molecule has 0 amide bonds. The predicted octanol–water partition coefficient (Wildman–Crippen LogP) is 4.03. The highest BCUT2D eigenvalue weighted by atomic mass is 35.5. The van der Waals surface area contributed by atoms with Gasteiger partial charge < -0.3 is 5.11 Å². The van der Waals surface area contributed by atoms with Crippen LogP contribution in [0.4, 0.5) is 0 Å². The molecule has 0 aliphatic rings. The number of nitrogens with zero attached hydrogens (tertiary/aromatic N) is 1. The number of fused-ring (bicyclic) bond motifs is 1. The van der Waals surface area contributed by atoms with Crippen LogP contribution in [-0.4, -0.2) is 10.1 Å². The average molecular weight is 236 g/mol. The number of hydrogen-bond acceptors (Lipinski definition) is 2. The fraction of sp³-hybridized carbons (Fsp3) is 0.308. The third-order valence-electron chi connectivity index (χ3n) is 2.71. The number of aromatic hydroxyl groups is 1. The van der Waals surface area contributed by atoms with Crippen molar-refractivity contribution >= 4 is 22.5 Å². The summed E-state index contributed by atoms with van der Waals surface area (Å²) in [4.78, 5) is 4.47. The van der Waals surface area contributed by atoms with Gasteiger partial charge in [0.2, 0.25) is 0 Å². The van der Waals surface area contributed by atoms with Gasteiger partial charge >= 0.3 is 0 Å². The molecule has 0 saturated carbocycles. The van der Waals surface area contributed by atoms with E-state index in [0.29, 0.717) is 5.92 Å². The average Bonchev–Trinajstić information content (AvgIpc) is 2.15. The minimum absolute atomic E-state index is 0.216. The molecule has 0 radical (unpaired) electrons. The molecule has 2 nitrogen and oxygen atoms in total. The van der Waals surface area contributed by atoms with E-state index >= 15 is 0 Å². The third kappa shape index (κ3) is 1.74. The van der Waals surface area contributed by atoms with Gasteiger partial charge in [-0.3, -0.25) is 4.98 Å². The van der Waals surface area contributed by atoms with Crippen LogP contribution in [0.2, 0.25) is 5.02 Å². The second-order valence-corrected chi connectivity index (χ2v) is 4.66. The van der Waals surface area contributed by atoms with Crippen molar-refractivity contribution in [2.45, 2.75) is 26.7 Å². The van der Waals surface area contributed by atoms with Crippen molar-refractivity contribution in [2.75, 3.05) is 0 Å². The molecule has 1 N–H and O–H groups in total. The lowest BCUT2D eigenvalue weighted by atomic mass is 9.99. The van der Waals surface area contributed by atoms with Crippen molar-refractivity contribution in [1.29, 1.82) is 0 Å². The van der Waals surface area contributed by atoms with E-state index in [4.69, 9.17) is 11.6 Å². The van der Waals surface area contributed by atoms with Gasteiger partial charge in [0.25, 0.3) is 0 Å². The molecule has 0 bridgehead atoms. The van der Waals surface area contributed by atoms with Gasteiger partial charge in [-0.15, -0.1) is 0 Å². The third-order valence-corrected chi connectivity index (χ3v) is 3.12. The van der Waals surface area contributed by atoms with Crippen LogP contribution < -0.4 is 0 Å². The highest BCUT2D eigenvalue weighted by molar-refractivity contribution is 6.36. The monoisotopic (exact) mass is 235 g/mol. The maximum Gasteiger partial charge on any atom is 0.117 e. The second kappa shape index (κ2) is 3.95. The summed E-state index contributed by atoms with van der Waals surface area (Å²) in [5.41, 5.74) is 2.75. The number of halogens is 1. The fourth-order valence-corrected chi connectivity index (χ4v) is 2.53. The maximum atomic E-state index is 9.41. The van der Waals surface area contributed by atoms with Crippen LogP contribution in [0.1, 0.15) is 31.0 Å². The van der Waals surface area contributed by atoms with Crippen LogP contribution in [-0.2, 0) is 0 Å². The Bertz CT molecular complexity index is 549. The predicted molar refractivity (Wildman–Crippen MR) is 67.2 cm³/mol. The highest BCUT2D eigenvalue weighted by Crippen LogP contribution is 2.33. The van der Waals surface area contributed by atoms with Gasteiger partial charge in [0.15, 0.2) is 0 Å². The molecule has 2 rings (SSSR count). The second-order valence-electron chi connectivity index (χ2n) is 4.28. The molecule has 0 aliphatic carbocycles. The Kier molecular flexibility index (Phi) is 2.76. The van der Waals surface area contributed by atoms with E-state index in [1.807, 2.05) is 13.0 Å². The van der Waals surface area contributed by atoms with Crippen LogP contribution in [0.3, 0.4) is 0 Å². The van der Waals surface area contributed by atoms with Crippen LogP contribution in [0.5, 0.6) is 5.75 Å². The van der Waals surface area contributed by atoms with Crippen molar-refractivity contribution in [3.05, 3.63) is 34.5 Å². The fourth-order valence-electron chi connectivity index (χ4n) is 2.01. The summed E-state index contributed by atoms with van der Waals surface area (Å²) in [6.07, 6.45) is 0. The van der Waals surface area contributed by atoms with Gasteiger partial charge in [-0.05, 0) is 30.5 Å². The standard InChI is InChI=1S/C13H14ClNO/c1-7(2)12-8(3)15-11-6-9(16)4-5-10(11)13(12)14/h4-7,16H,1-3H3. The summed E-state index contributed by atoms with van der Waals surface area (Å²) in [5, 5.41) is 11.1. The minimum atomic E-state index is 0.216. The van der Waals surface area contributed by atoms with Gasteiger partial charge in [-0.25, -0.2) is 0 Å². The van der Waals surface area contributed by atoms with Gasteiger partial charge in [-0.2, -0.15) is 0 Å². The largest absolute Gasteiger partial charge is 0.508 e. The lowest BCUT2D eigenvalue weighted by Gasteiger charge is -2.13. The van der Waals surface area contributed by atoms with E-state index < -0.39 is 0 Å². The number of phenolic OH excluding ortho intramolecular Hbond substituents is 1. The Morgan fingerprint density at radius 2 is 2.00 bits per heavy atom. The zero-order chi connectivity index (χ0) is 11.9. The number of rotatable bonds is 1. The number of aryl methyl sites for hydroxylation is 1. The molecule has 0 unspecified atom stereocenters. The molecule has 2 aromatic rings. The molecule has 1 aromatic carbocycles. The Hall–Kier alpha value is -1.28. The summed E-state index contributed by atoms with van der Waals surface area (Å²) in [6.45, 7) is 6.15. The van der Waals surface area contributed by atoms with Crippen molar-refractivity contribution in [1.82, 2.24) is 4.98 Å². The summed E-state index contributed by atoms with van der Waals surface area (Å²) < 4.78 is 0. The molecule has 1 aromatic heterocycles. The number of aromatic nitrogens is 1. The van der Waals surface area contributed by atoms with Crippen molar-refractivity contribution < 1.29 is 5.11 Å². The molecule has 0 spiro atoms. The maximum absolute atomic E-state index is 9.41. The van der Waals surface area contributed by atoms with E-state index in [9.17, 15) is 5.11 Å². The summed E-state index contributed by atoms with van der Waals surface area (Å²) >= 11 is 6.37. The van der Waals surface area contributed by atoms with Crippen molar-refractivity contribution in [2.24, 2.45) is 0 Å². The van der Waals surface area contributed by atoms with Gasteiger partial charge in [0.1, 0.15) is 5.75 Å². The molecule has 84 valence electrons. The first-order valence-electron chi connectivity index (χ1n) is 5.29. The molecule has 0 atom stereocenters. The number of hydrogen-bond donors (Lipinski definition) is 1.